The maximum absolute atomic E-state index is 13.4. The van der Waals surface area contributed by atoms with Gasteiger partial charge in [0.2, 0.25) is 0 Å². The predicted molar refractivity (Wildman–Crippen MR) is 80.1 cm³/mol. The molecule has 0 bridgehead atoms. The lowest BCUT2D eigenvalue weighted by atomic mass is 10.0. The molecule has 1 saturated heterocycles. The largest absolute Gasteiger partial charge is 0.465 e. The lowest BCUT2D eigenvalue weighted by Gasteiger charge is -2.25. The lowest BCUT2D eigenvalue weighted by Crippen LogP contribution is -2.32. The summed E-state index contributed by atoms with van der Waals surface area (Å²) in [5.74, 6) is -0.330. The molecule has 22 heavy (non-hydrogen) atoms. The molecule has 0 amide bonds. The molecule has 4 nitrogen and oxygen atoms in total. The first-order valence-electron chi connectivity index (χ1n) is 7.86. The van der Waals surface area contributed by atoms with Gasteiger partial charge >= 0.3 is 5.97 Å². The van der Waals surface area contributed by atoms with E-state index in [2.05, 4.69) is 4.90 Å². The van der Waals surface area contributed by atoms with Gasteiger partial charge in [0.05, 0.1) is 19.3 Å². The van der Waals surface area contributed by atoms with Gasteiger partial charge in [-0.05, 0) is 42.9 Å². The summed E-state index contributed by atoms with van der Waals surface area (Å²) in [5, 5.41) is 0. The molecule has 2 aliphatic rings. The molecule has 1 atom stereocenters. The second kappa shape index (κ2) is 6.75. The molecular formula is C17H22FNO3. The Kier molecular flexibility index (Phi) is 4.74. The molecule has 3 rings (SSSR count). The monoisotopic (exact) mass is 307 g/mol. The van der Waals surface area contributed by atoms with E-state index >= 15 is 0 Å². The third-order valence-electron chi connectivity index (χ3n) is 4.43. The summed E-state index contributed by atoms with van der Waals surface area (Å²) in [7, 11) is 1.32. The summed E-state index contributed by atoms with van der Waals surface area (Å²) in [6.07, 6.45) is 3.49. The molecule has 1 aliphatic carbocycles. The summed E-state index contributed by atoms with van der Waals surface area (Å²) in [4.78, 5) is 14.3. The number of hydrogen-bond donors (Lipinski definition) is 0. The number of methoxy groups -OCH3 is 1. The minimum Gasteiger partial charge on any atom is -0.465 e. The van der Waals surface area contributed by atoms with Crippen molar-refractivity contribution in [2.45, 2.75) is 31.8 Å². The molecule has 1 unspecified atom stereocenters. The predicted octanol–water partition coefficient (Wildman–Crippen LogP) is 2.61. The number of hydrogen-bond acceptors (Lipinski definition) is 4. The molecule has 0 N–H and O–H groups in total. The van der Waals surface area contributed by atoms with E-state index in [1.165, 1.54) is 32.1 Å². The van der Waals surface area contributed by atoms with Crippen LogP contribution < -0.4 is 0 Å². The highest BCUT2D eigenvalue weighted by Gasteiger charge is 2.32. The molecule has 1 saturated carbocycles. The molecule has 120 valence electrons. The minimum atomic E-state index is -0.477. The van der Waals surface area contributed by atoms with Gasteiger partial charge in [-0.1, -0.05) is 6.07 Å². The second-order valence-corrected chi connectivity index (χ2v) is 6.18. The standard InChI is InChI=1S/C17H22FNO3/c1-21-17(20)16-8-14(18)3-2-13(16)10-19(15-4-5-15)9-12-6-7-22-11-12/h2-3,8,12,15H,4-7,9-11H2,1H3. The quantitative estimate of drug-likeness (QED) is 0.757. The SMILES string of the molecule is COC(=O)c1cc(F)ccc1CN(CC1CCOC1)C1CC1. The average Bonchev–Trinajstić information content (AvgIpc) is 3.25. The maximum Gasteiger partial charge on any atom is 0.338 e. The first-order chi connectivity index (χ1) is 10.7. The zero-order valence-corrected chi connectivity index (χ0v) is 12.9. The highest BCUT2D eigenvalue weighted by atomic mass is 19.1. The summed E-state index contributed by atoms with van der Waals surface area (Å²) in [6.45, 7) is 3.29. The molecule has 1 aromatic rings. The number of halogens is 1. The fraction of sp³-hybridized carbons (Fsp3) is 0.588. The van der Waals surface area contributed by atoms with Gasteiger partial charge in [0.1, 0.15) is 5.82 Å². The molecule has 0 spiro atoms. The highest BCUT2D eigenvalue weighted by molar-refractivity contribution is 5.91. The highest BCUT2D eigenvalue weighted by Crippen LogP contribution is 2.31. The Balaban J connectivity index is 1.75. The Morgan fingerprint density at radius 1 is 1.41 bits per heavy atom. The number of esters is 1. The molecule has 0 radical (unpaired) electrons. The minimum absolute atomic E-state index is 0.329. The van der Waals surface area contributed by atoms with Crippen LogP contribution in [0.2, 0.25) is 0 Å². The number of carbonyl (C=O) groups is 1. The van der Waals surface area contributed by atoms with Crippen molar-refractivity contribution in [3.63, 3.8) is 0 Å². The van der Waals surface area contributed by atoms with Gasteiger partial charge in [-0.25, -0.2) is 9.18 Å². The van der Waals surface area contributed by atoms with Gasteiger partial charge in [0.25, 0.3) is 0 Å². The van der Waals surface area contributed by atoms with Gasteiger partial charge in [0.15, 0.2) is 0 Å². The zero-order valence-electron chi connectivity index (χ0n) is 12.9. The smallest absolute Gasteiger partial charge is 0.338 e. The van der Waals surface area contributed by atoms with E-state index in [1.54, 1.807) is 6.07 Å². The van der Waals surface area contributed by atoms with Gasteiger partial charge in [0, 0.05) is 25.7 Å². The molecule has 0 aromatic heterocycles. The number of nitrogens with zero attached hydrogens (tertiary/aromatic N) is 1. The van der Waals surface area contributed by atoms with Crippen LogP contribution in [0.5, 0.6) is 0 Å². The summed E-state index contributed by atoms with van der Waals surface area (Å²) >= 11 is 0. The van der Waals surface area contributed by atoms with Crippen LogP contribution in [0.1, 0.15) is 35.2 Å². The van der Waals surface area contributed by atoms with Crippen molar-refractivity contribution in [1.29, 1.82) is 0 Å². The van der Waals surface area contributed by atoms with Crippen molar-refractivity contribution in [1.82, 2.24) is 4.90 Å². The number of carbonyl (C=O) groups excluding carboxylic acids is 1. The number of ether oxygens (including phenoxy) is 2. The Morgan fingerprint density at radius 3 is 2.86 bits per heavy atom. The first kappa shape index (κ1) is 15.4. The fourth-order valence-electron chi connectivity index (χ4n) is 3.05. The molecule has 1 aliphatic heterocycles. The molecular weight excluding hydrogens is 285 g/mol. The van der Waals surface area contributed by atoms with Crippen molar-refractivity contribution in [2.24, 2.45) is 5.92 Å². The van der Waals surface area contributed by atoms with Crippen LogP contribution in [0.15, 0.2) is 18.2 Å². The van der Waals surface area contributed by atoms with Crippen molar-refractivity contribution in [3.8, 4) is 0 Å². The fourth-order valence-corrected chi connectivity index (χ4v) is 3.05. The summed E-state index contributed by atoms with van der Waals surface area (Å²) in [5.41, 5.74) is 1.16. The average molecular weight is 307 g/mol. The Bertz CT molecular complexity index is 539. The third kappa shape index (κ3) is 3.65. The van der Waals surface area contributed by atoms with Gasteiger partial charge in [-0.3, -0.25) is 4.90 Å². The van der Waals surface area contributed by atoms with Gasteiger partial charge < -0.3 is 9.47 Å². The van der Waals surface area contributed by atoms with Crippen LogP contribution in [0.25, 0.3) is 0 Å². The van der Waals surface area contributed by atoms with E-state index in [0.29, 0.717) is 24.1 Å². The topological polar surface area (TPSA) is 38.8 Å². The number of rotatable bonds is 6. The van der Waals surface area contributed by atoms with E-state index in [-0.39, 0.29) is 0 Å². The zero-order chi connectivity index (χ0) is 15.5. The molecule has 1 aromatic carbocycles. The van der Waals surface area contributed by atoms with E-state index in [1.807, 2.05) is 0 Å². The molecule has 2 fully saturated rings. The van der Waals surface area contributed by atoms with Crippen LogP contribution in [0.4, 0.5) is 4.39 Å². The lowest BCUT2D eigenvalue weighted by molar-refractivity contribution is 0.0597. The second-order valence-electron chi connectivity index (χ2n) is 6.18. The third-order valence-corrected chi connectivity index (χ3v) is 4.43. The Labute approximate surface area is 130 Å². The maximum atomic E-state index is 13.4. The summed E-state index contributed by atoms with van der Waals surface area (Å²) in [6, 6.07) is 4.95. The van der Waals surface area contributed by atoms with Crippen molar-refractivity contribution in [3.05, 3.63) is 35.1 Å². The van der Waals surface area contributed by atoms with E-state index in [4.69, 9.17) is 9.47 Å². The van der Waals surface area contributed by atoms with E-state index in [9.17, 15) is 9.18 Å². The van der Waals surface area contributed by atoms with Crippen LogP contribution in [-0.4, -0.2) is 43.8 Å². The van der Waals surface area contributed by atoms with Crippen molar-refractivity contribution in [2.75, 3.05) is 26.9 Å². The van der Waals surface area contributed by atoms with Crippen molar-refractivity contribution < 1.29 is 18.7 Å². The van der Waals surface area contributed by atoms with Crippen LogP contribution >= 0.6 is 0 Å². The molecule has 5 heteroatoms. The summed E-state index contributed by atoms with van der Waals surface area (Å²) < 4.78 is 23.7. The van der Waals surface area contributed by atoms with E-state index < -0.39 is 11.8 Å². The Hall–Kier alpha value is -1.46. The van der Waals surface area contributed by atoms with Gasteiger partial charge in [-0.2, -0.15) is 0 Å². The van der Waals surface area contributed by atoms with Gasteiger partial charge in [-0.15, -0.1) is 0 Å². The van der Waals surface area contributed by atoms with Crippen LogP contribution in [0.3, 0.4) is 0 Å². The normalized spacial score (nSPS) is 21.3. The molecule has 1 heterocycles. The van der Waals surface area contributed by atoms with Crippen LogP contribution in [-0.2, 0) is 16.0 Å². The number of benzene rings is 1. The first-order valence-corrected chi connectivity index (χ1v) is 7.86. The van der Waals surface area contributed by atoms with Crippen molar-refractivity contribution >= 4 is 5.97 Å². The van der Waals surface area contributed by atoms with E-state index in [0.717, 1.165) is 31.7 Å². The Morgan fingerprint density at radius 2 is 2.23 bits per heavy atom. The van der Waals surface area contributed by atoms with Crippen LogP contribution in [0, 0.1) is 11.7 Å².